The fourth-order valence-corrected chi connectivity index (χ4v) is 1.63. The van der Waals surface area contributed by atoms with Gasteiger partial charge in [0.15, 0.2) is 6.30 Å². The molecule has 0 bridgehead atoms. The van der Waals surface area contributed by atoms with Crippen molar-refractivity contribution in [2.45, 2.75) is 12.5 Å². The van der Waals surface area contributed by atoms with E-state index >= 15 is 0 Å². The van der Waals surface area contributed by atoms with Crippen LogP contribution in [0.1, 0.15) is 0 Å². The van der Waals surface area contributed by atoms with Crippen molar-refractivity contribution in [3.8, 4) is 0 Å². The summed E-state index contributed by atoms with van der Waals surface area (Å²) in [5, 5.41) is 0. The summed E-state index contributed by atoms with van der Waals surface area (Å²) >= 11 is 0. The van der Waals surface area contributed by atoms with Gasteiger partial charge in [0.05, 0.1) is 19.8 Å². The van der Waals surface area contributed by atoms with Crippen LogP contribution in [0, 0.1) is 0 Å². The fourth-order valence-electron chi connectivity index (χ4n) is 1.63. The molecule has 1 unspecified atom stereocenters. The van der Waals surface area contributed by atoms with Gasteiger partial charge in [-0.2, -0.15) is 13.7 Å². The molecular formula is C9H17F3N2O2. The summed E-state index contributed by atoms with van der Waals surface area (Å²) in [6, 6.07) is 0. The molecule has 1 rings (SSSR count). The molecule has 0 spiro atoms. The van der Waals surface area contributed by atoms with Gasteiger partial charge in [-0.1, -0.05) is 0 Å². The van der Waals surface area contributed by atoms with Crippen LogP contribution >= 0.6 is 0 Å². The predicted molar refractivity (Wildman–Crippen MR) is 51.9 cm³/mol. The van der Waals surface area contributed by atoms with E-state index < -0.39 is 12.5 Å². The van der Waals surface area contributed by atoms with E-state index in [4.69, 9.17) is 4.74 Å². The standard InChI is InChI=1S/C9H17F3N2O2/c1-15-5-3-13-7-8(10)14(4-6-16-2)9(13,11)12/h8H,3-7H2,1-2H3. The van der Waals surface area contributed by atoms with E-state index in [1.54, 1.807) is 0 Å². The van der Waals surface area contributed by atoms with Gasteiger partial charge in [0, 0.05) is 27.3 Å². The first-order valence-electron chi connectivity index (χ1n) is 5.05. The van der Waals surface area contributed by atoms with Gasteiger partial charge in [0.25, 0.3) is 0 Å². The average molecular weight is 242 g/mol. The molecule has 0 aromatic carbocycles. The second kappa shape index (κ2) is 5.81. The van der Waals surface area contributed by atoms with Gasteiger partial charge < -0.3 is 9.47 Å². The van der Waals surface area contributed by atoms with Crippen LogP contribution in [0.3, 0.4) is 0 Å². The van der Waals surface area contributed by atoms with Crippen molar-refractivity contribution >= 4 is 0 Å². The predicted octanol–water partition coefficient (Wildman–Crippen LogP) is 0.743. The van der Waals surface area contributed by atoms with Crippen molar-refractivity contribution < 1.29 is 22.6 Å². The molecule has 0 aromatic heterocycles. The van der Waals surface area contributed by atoms with Crippen molar-refractivity contribution in [2.24, 2.45) is 0 Å². The number of methoxy groups -OCH3 is 2. The number of hydrogen-bond acceptors (Lipinski definition) is 4. The number of nitrogens with zero attached hydrogens (tertiary/aromatic N) is 2. The Morgan fingerprint density at radius 2 is 1.75 bits per heavy atom. The SMILES string of the molecule is COCCN1CC(F)N(CCOC)C1(F)F. The first-order chi connectivity index (χ1) is 7.54. The lowest BCUT2D eigenvalue weighted by Crippen LogP contribution is -2.48. The maximum absolute atomic E-state index is 13.7. The Kier molecular flexibility index (Phi) is 4.97. The van der Waals surface area contributed by atoms with Gasteiger partial charge >= 0.3 is 6.17 Å². The summed E-state index contributed by atoms with van der Waals surface area (Å²) in [6.07, 6.45) is -4.93. The van der Waals surface area contributed by atoms with Crippen LogP contribution in [-0.2, 0) is 9.47 Å². The monoisotopic (exact) mass is 242 g/mol. The number of alkyl halides is 3. The lowest BCUT2D eigenvalue weighted by atomic mass is 10.5. The van der Waals surface area contributed by atoms with Gasteiger partial charge in [-0.25, -0.2) is 9.29 Å². The normalized spacial score (nSPS) is 26.4. The number of halogens is 3. The van der Waals surface area contributed by atoms with Crippen molar-refractivity contribution in [1.29, 1.82) is 0 Å². The molecule has 1 atom stereocenters. The van der Waals surface area contributed by atoms with Gasteiger partial charge in [-0.05, 0) is 0 Å². The van der Waals surface area contributed by atoms with E-state index in [9.17, 15) is 13.2 Å². The summed E-state index contributed by atoms with van der Waals surface area (Å²) in [4.78, 5) is 1.28. The summed E-state index contributed by atoms with van der Waals surface area (Å²) in [7, 11) is 2.81. The molecule has 0 amide bonds. The molecule has 1 aliphatic rings. The van der Waals surface area contributed by atoms with Crippen LogP contribution in [-0.4, -0.2) is 69.3 Å². The molecule has 4 nitrogen and oxygen atoms in total. The third-order valence-electron chi connectivity index (χ3n) is 2.54. The van der Waals surface area contributed by atoms with Crippen LogP contribution in [0.2, 0.25) is 0 Å². The molecule has 1 saturated heterocycles. The molecule has 0 N–H and O–H groups in total. The smallest absolute Gasteiger partial charge is 0.372 e. The number of ether oxygens (including phenoxy) is 2. The Morgan fingerprint density at radius 3 is 2.31 bits per heavy atom. The molecule has 1 fully saturated rings. The zero-order valence-electron chi connectivity index (χ0n) is 9.46. The lowest BCUT2D eigenvalue weighted by molar-refractivity contribution is -0.225. The van der Waals surface area contributed by atoms with E-state index in [1.165, 1.54) is 14.2 Å². The Labute approximate surface area is 92.9 Å². The third-order valence-corrected chi connectivity index (χ3v) is 2.54. The van der Waals surface area contributed by atoms with E-state index in [0.717, 1.165) is 4.90 Å². The lowest BCUT2D eigenvalue weighted by Gasteiger charge is -2.28. The molecular weight excluding hydrogens is 225 g/mol. The molecule has 0 saturated carbocycles. The largest absolute Gasteiger partial charge is 0.383 e. The zero-order valence-corrected chi connectivity index (χ0v) is 9.46. The van der Waals surface area contributed by atoms with E-state index in [0.29, 0.717) is 4.90 Å². The van der Waals surface area contributed by atoms with Crippen LogP contribution < -0.4 is 0 Å². The minimum absolute atomic E-state index is 0.00734. The van der Waals surface area contributed by atoms with E-state index in [1.807, 2.05) is 0 Å². The second-order valence-corrected chi connectivity index (χ2v) is 3.57. The van der Waals surface area contributed by atoms with Crippen LogP contribution in [0.25, 0.3) is 0 Å². The minimum atomic E-state index is -3.27. The van der Waals surface area contributed by atoms with Crippen molar-refractivity contribution in [1.82, 2.24) is 9.80 Å². The van der Waals surface area contributed by atoms with Crippen LogP contribution in [0.15, 0.2) is 0 Å². The van der Waals surface area contributed by atoms with Crippen molar-refractivity contribution in [3.63, 3.8) is 0 Å². The highest BCUT2D eigenvalue weighted by Gasteiger charge is 2.53. The number of hydrogen-bond donors (Lipinski definition) is 0. The topological polar surface area (TPSA) is 24.9 Å². The van der Waals surface area contributed by atoms with Gasteiger partial charge in [0.2, 0.25) is 0 Å². The molecule has 0 radical (unpaired) electrons. The summed E-state index contributed by atoms with van der Waals surface area (Å²) in [6.45, 7) is -0.198. The van der Waals surface area contributed by atoms with Crippen molar-refractivity contribution in [2.75, 3.05) is 47.1 Å². The molecule has 0 aliphatic carbocycles. The first-order valence-corrected chi connectivity index (χ1v) is 5.05. The Morgan fingerprint density at radius 1 is 1.19 bits per heavy atom. The third kappa shape index (κ3) is 2.85. The maximum atomic E-state index is 13.7. The number of rotatable bonds is 6. The Bertz CT molecular complexity index is 219. The van der Waals surface area contributed by atoms with Gasteiger partial charge in [-0.15, -0.1) is 0 Å². The molecule has 16 heavy (non-hydrogen) atoms. The van der Waals surface area contributed by atoms with Crippen LogP contribution in [0.5, 0.6) is 0 Å². The average Bonchev–Trinajstić information content (AvgIpc) is 2.44. The maximum Gasteiger partial charge on any atom is 0.372 e. The Hall–Kier alpha value is -0.370. The summed E-state index contributed by atoms with van der Waals surface area (Å²) in [5.74, 6) is 0. The molecule has 0 aromatic rings. The molecule has 1 heterocycles. The van der Waals surface area contributed by atoms with Gasteiger partial charge in [0.1, 0.15) is 0 Å². The summed E-state index contributed by atoms with van der Waals surface area (Å²) in [5.41, 5.74) is 0. The van der Waals surface area contributed by atoms with E-state index in [-0.39, 0.29) is 32.8 Å². The van der Waals surface area contributed by atoms with Crippen molar-refractivity contribution in [3.05, 3.63) is 0 Å². The van der Waals surface area contributed by atoms with E-state index in [2.05, 4.69) is 4.74 Å². The zero-order chi connectivity index (χ0) is 12.2. The molecule has 1 aliphatic heterocycles. The fraction of sp³-hybridized carbons (Fsp3) is 1.00. The highest BCUT2D eigenvalue weighted by Crippen LogP contribution is 2.33. The van der Waals surface area contributed by atoms with Crippen LogP contribution in [0.4, 0.5) is 13.2 Å². The highest BCUT2D eigenvalue weighted by atomic mass is 19.3. The quantitative estimate of drug-likeness (QED) is 0.641. The Balaban J connectivity index is 2.58. The second-order valence-electron chi connectivity index (χ2n) is 3.57. The van der Waals surface area contributed by atoms with Gasteiger partial charge in [-0.3, -0.25) is 0 Å². The first kappa shape index (κ1) is 13.7. The minimum Gasteiger partial charge on any atom is -0.383 e. The molecule has 96 valence electrons. The molecule has 7 heteroatoms. The highest BCUT2D eigenvalue weighted by molar-refractivity contribution is 4.84. The summed E-state index contributed by atoms with van der Waals surface area (Å²) < 4.78 is 50.1.